The molecule has 0 spiro atoms. The number of benzene rings is 2. The normalized spacial score (nSPS) is 16.9. The Labute approximate surface area is 433 Å². The van der Waals surface area contributed by atoms with Gasteiger partial charge in [-0.3, -0.25) is 13.9 Å². The minimum Gasteiger partial charge on any atom is -0.744 e. The molecule has 24 heteroatoms. The zero-order chi connectivity index (χ0) is 47.9. The number of fused-ring (bicyclic) bond motifs is 2. The number of unbranched alkanes of at least 4 members (excludes halogenated alkanes) is 2. The number of nitrogens with one attached hydrogen (secondary N) is 1. The van der Waals surface area contributed by atoms with Gasteiger partial charge in [-0.15, -0.1) is 0 Å². The quantitative estimate of drug-likeness (QED) is 0.0367. The van der Waals surface area contributed by atoms with Crippen molar-refractivity contribution in [3.8, 4) is 11.3 Å². The zero-order valence-electron chi connectivity index (χ0n) is 38.9. The number of carbonyl (C=O) groups is 1. The molecule has 0 bridgehead atoms. The molecule has 1 aromatic carbocycles. The summed E-state index contributed by atoms with van der Waals surface area (Å²) in [6, 6.07) is 9.10. The Kier molecular flexibility index (Phi) is 22.5. The molecule has 1 unspecified atom stereocenters. The first kappa shape index (κ1) is 60.1. The Balaban J connectivity index is 0.00000748. The van der Waals surface area contributed by atoms with Gasteiger partial charge in [-0.05, 0) is 98.6 Å². The zero-order valence-corrected chi connectivity index (χ0v) is 46.1. The Hall–Kier alpha value is -2.00. The predicted molar refractivity (Wildman–Crippen MR) is 241 cm³/mol. The smallest absolute Gasteiger partial charge is 0.744 e. The number of methoxy groups -OCH3 is 1. The number of ether oxygens (including phenoxy) is 1. The van der Waals surface area contributed by atoms with Gasteiger partial charge in [-0.2, -0.15) is 16.8 Å². The first-order valence-electron chi connectivity index (χ1n) is 20.7. The number of sulfonamides is 1. The molecule has 356 valence electrons. The molecule has 1 aromatic rings. The summed E-state index contributed by atoms with van der Waals surface area (Å²) in [5.74, 6) is -1.85. The molecule has 18 nitrogen and oxygen atoms in total. The van der Waals surface area contributed by atoms with Gasteiger partial charge in [-0.1, -0.05) is 33.3 Å². The summed E-state index contributed by atoms with van der Waals surface area (Å²) in [6.45, 7) is 10.0. The molecule has 4 rings (SSSR count). The van der Waals surface area contributed by atoms with E-state index in [0.29, 0.717) is 53.9 Å². The molecule has 4 N–H and O–H groups in total. The molecule has 0 saturated heterocycles. The first-order chi connectivity index (χ1) is 29.6. The van der Waals surface area contributed by atoms with Crippen molar-refractivity contribution in [1.29, 1.82) is 0 Å². The Morgan fingerprint density at radius 1 is 0.939 bits per heavy atom. The largest absolute Gasteiger partial charge is 1.00 e. The summed E-state index contributed by atoms with van der Waals surface area (Å²) in [5.41, 5.74) is 1.06. The Morgan fingerprint density at radius 3 is 2.17 bits per heavy atom. The number of anilines is 1. The monoisotopic (exact) mass is 1020 g/mol. The number of hydrogen-bond donors (Lipinski definition) is 4. The average molecular weight is 1020 g/mol. The fourth-order valence-electron chi connectivity index (χ4n) is 7.94. The molecular formula is C42H59N3Na2O15S4+2. The van der Waals surface area contributed by atoms with E-state index in [2.05, 4.69) is 4.72 Å². The topological polar surface area (TPSA) is 278 Å². The molecule has 66 heavy (non-hydrogen) atoms. The van der Waals surface area contributed by atoms with Crippen LogP contribution in [0.3, 0.4) is 0 Å². The van der Waals surface area contributed by atoms with Crippen LogP contribution >= 0.6 is 0 Å². The number of carboxylic acids is 1. The predicted octanol–water partition coefficient (Wildman–Crippen LogP) is -1.42. The second-order valence-electron chi connectivity index (χ2n) is 16.8. The van der Waals surface area contributed by atoms with Crippen LogP contribution in [-0.4, -0.2) is 110 Å². The van der Waals surface area contributed by atoms with Crippen molar-refractivity contribution in [3.63, 3.8) is 0 Å². The van der Waals surface area contributed by atoms with E-state index < -0.39 is 73.6 Å². The standard InChI is InChI=1S/C42H59N3O15S4.2Na/c1-7-44(23-13-27-62(51,52)53)36-20-18-32-33(41(2,3)4)28-30(60-39(32)40(36)63(54,55)43-22-25-59-6)14-11-15-37-42(5,21-12-26-61(48,49)50)34-29-31(64(56,57)58)17-19-35(34)45(37)24-10-8-9-16-38(46)47;;/h11,14-15,17-20,28-29,43H,7-10,12-13,16,21-27H2,1-6H3,(H3-,46,47,48,49,50,51,52,53,56,57,58);;/q;2*+1. The average Bonchev–Trinajstić information content (AvgIpc) is 3.39. The summed E-state index contributed by atoms with van der Waals surface area (Å²) in [4.78, 5) is 12.4. The van der Waals surface area contributed by atoms with Gasteiger partial charge in [0.2, 0.25) is 5.36 Å². The van der Waals surface area contributed by atoms with Crippen molar-refractivity contribution in [2.45, 2.75) is 100 Å². The van der Waals surface area contributed by atoms with Crippen LogP contribution in [-0.2, 0) is 60.7 Å². The molecule has 0 saturated carbocycles. The van der Waals surface area contributed by atoms with Gasteiger partial charge in [0.05, 0.1) is 23.0 Å². The fourth-order valence-corrected chi connectivity index (χ4v) is 10.8. The van der Waals surface area contributed by atoms with Crippen molar-refractivity contribution >= 4 is 58.1 Å². The van der Waals surface area contributed by atoms with E-state index in [1.54, 1.807) is 54.9 Å². The second kappa shape index (κ2) is 24.7. The van der Waals surface area contributed by atoms with E-state index in [-0.39, 0.29) is 133 Å². The number of carboxylic acid groups (broad SMARTS) is 1. The van der Waals surface area contributed by atoms with E-state index in [4.69, 9.17) is 9.15 Å². The molecule has 0 aromatic heterocycles. The van der Waals surface area contributed by atoms with Crippen LogP contribution in [0.5, 0.6) is 0 Å². The molecule has 1 atom stereocenters. The summed E-state index contributed by atoms with van der Waals surface area (Å²) in [7, 11) is -16.5. The maximum atomic E-state index is 14.3. The van der Waals surface area contributed by atoms with Crippen LogP contribution in [0, 0.1) is 0 Å². The van der Waals surface area contributed by atoms with E-state index >= 15 is 0 Å². The van der Waals surface area contributed by atoms with Crippen molar-refractivity contribution in [3.05, 3.63) is 76.5 Å². The van der Waals surface area contributed by atoms with Crippen LogP contribution in [0.1, 0.15) is 96.5 Å². The minimum absolute atomic E-state index is 0. The van der Waals surface area contributed by atoms with E-state index in [1.165, 1.54) is 25.3 Å². The van der Waals surface area contributed by atoms with Gasteiger partial charge < -0.3 is 23.7 Å². The molecule has 1 aliphatic carbocycles. The SMILES string of the molecule is CC[N+](CCCS(=O)(=O)O)=c1ccc2c(C(C)(C)C)cc(/C=C/C=C3/N(CCCCCC(=O)O)c4ccc(S(=O)(=O)[O-])cc4C3(C)CCCS(=O)(=O)O)oc-2c1S(=O)(=O)NCCOC.[Na+].[Na+]. The van der Waals surface area contributed by atoms with Gasteiger partial charge >= 0.3 is 65.1 Å². The third-order valence-electron chi connectivity index (χ3n) is 11.0. The number of hydrogen-bond acceptors (Lipinski definition) is 13. The number of allylic oxidation sites excluding steroid dienone is 3. The summed E-state index contributed by atoms with van der Waals surface area (Å²) < 4.78 is 147. The van der Waals surface area contributed by atoms with Crippen molar-refractivity contribution in [1.82, 2.24) is 9.30 Å². The third-order valence-corrected chi connectivity index (χ3v) is 14.9. The molecule has 3 aliphatic rings. The van der Waals surface area contributed by atoms with Crippen molar-refractivity contribution in [2.24, 2.45) is 0 Å². The molecule has 0 radical (unpaired) electrons. The van der Waals surface area contributed by atoms with E-state index in [1.807, 2.05) is 25.7 Å². The molecule has 2 heterocycles. The maximum absolute atomic E-state index is 14.3. The summed E-state index contributed by atoms with van der Waals surface area (Å²) in [5, 5.41) is 9.40. The van der Waals surface area contributed by atoms with Gasteiger partial charge in [0.15, 0.2) is 10.7 Å². The molecule has 2 aliphatic heterocycles. The van der Waals surface area contributed by atoms with Crippen LogP contribution < -0.4 is 78.7 Å². The number of aliphatic carboxylic acids is 1. The molecule has 0 amide bonds. The van der Waals surface area contributed by atoms with E-state index in [0.717, 1.165) is 0 Å². The maximum Gasteiger partial charge on any atom is 1.00 e. The van der Waals surface area contributed by atoms with E-state index in [9.17, 15) is 57.2 Å². The summed E-state index contributed by atoms with van der Waals surface area (Å²) in [6.07, 6.45) is 6.41. The fraction of sp³-hybridized carbons (Fsp3) is 0.524. The van der Waals surface area contributed by atoms with Crippen molar-refractivity contribution in [2.75, 3.05) is 56.3 Å². The number of nitrogens with zero attached hydrogens (tertiary/aromatic N) is 2. The Bertz CT molecular complexity index is 2750. The van der Waals surface area contributed by atoms with Gasteiger partial charge in [0, 0.05) is 61.5 Å². The molecular weight excluding hydrogens is 961 g/mol. The van der Waals surface area contributed by atoms with Crippen molar-refractivity contribution < 1.29 is 125 Å². The van der Waals surface area contributed by atoms with Crippen LogP contribution in [0.2, 0.25) is 0 Å². The van der Waals surface area contributed by atoms with Crippen LogP contribution in [0.4, 0.5) is 5.69 Å². The minimum atomic E-state index is -4.91. The first-order valence-corrected chi connectivity index (χ1v) is 26.8. The van der Waals surface area contributed by atoms with Crippen LogP contribution in [0.15, 0.2) is 68.5 Å². The number of rotatable bonds is 23. The summed E-state index contributed by atoms with van der Waals surface area (Å²) >= 11 is 0. The van der Waals surface area contributed by atoms with Gasteiger partial charge in [-0.25, -0.2) is 26.1 Å². The third kappa shape index (κ3) is 16.3. The second-order valence-corrected chi connectivity index (χ2v) is 23.1. The molecule has 0 fully saturated rings. The van der Waals surface area contributed by atoms with Gasteiger partial charge in [0.25, 0.3) is 30.3 Å². The van der Waals surface area contributed by atoms with Crippen LogP contribution in [0.25, 0.3) is 17.4 Å². The Morgan fingerprint density at radius 2 is 1.59 bits per heavy atom. The van der Waals surface area contributed by atoms with Gasteiger partial charge in [0.1, 0.15) is 29.0 Å².